The van der Waals surface area contributed by atoms with Crippen molar-refractivity contribution in [1.29, 1.82) is 0 Å². The molecule has 0 radical (unpaired) electrons. The minimum absolute atomic E-state index is 1.12. The lowest BCUT2D eigenvalue weighted by atomic mass is 9.93. The van der Waals surface area contributed by atoms with Crippen LogP contribution in [-0.4, -0.2) is 11.2 Å². The van der Waals surface area contributed by atoms with Crippen LogP contribution in [0.4, 0.5) is 0 Å². The molecule has 0 fully saturated rings. The Balaban J connectivity index is 2.51. The summed E-state index contributed by atoms with van der Waals surface area (Å²) < 4.78 is 0. The molecule has 0 unspecified atom stereocenters. The highest BCUT2D eigenvalue weighted by Crippen LogP contribution is 2.37. The highest BCUT2D eigenvalue weighted by molar-refractivity contribution is 7.98. The normalized spacial score (nSPS) is 11.0. The quantitative estimate of drug-likeness (QED) is 0.575. The van der Waals surface area contributed by atoms with E-state index in [4.69, 9.17) is 4.98 Å². The Morgan fingerprint density at radius 3 is 2.19 bits per heavy atom. The van der Waals surface area contributed by atoms with E-state index in [9.17, 15) is 0 Å². The van der Waals surface area contributed by atoms with Gasteiger partial charge in [0.1, 0.15) is 0 Å². The Labute approximate surface area is 130 Å². The van der Waals surface area contributed by atoms with E-state index >= 15 is 0 Å². The number of aromatic nitrogens is 1. The van der Waals surface area contributed by atoms with Gasteiger partial charge in [-0.2, -0.15) is 0 Å². The number of pyridine rings is 1. The fourth-order valence-corrected chi connectivity index (χ4v) is 3.49. The van der Waals surface area contributed by atoms with E-state index in [-0.39, 0.29) is 0 Å². The van der Waals surface area contributed by atoms with Gasteiger partial charge in [-0.25, -0.2) is 4.98 Å². The first-order chi connectivity index (χ1) is 10.1. The molecule has 2 heteroatoms. The van der Waals surface area contributed by atoms with Crippen molar-refractivity contribution in [3.63, 3.8) is 0 Å². The second kappa shape index (κ2) is 5.53. The van der Waals surface area contributed by atoms with Gasteiger partial charge in [0.25, 0.3) is 0 Å². The Morgan fingerprint density at radius 2 is 1.52 bits per heavy atom. The van der Waals surface area contributed by atoms with E-state index in [1.807, 2.05) is 0 Å². The van der Waals surface area contributed by atoms with Crippen LogP contribution in [0.3, 0.4) is 0 Å². The number of fused-ring (bicyclic) bond motifs is 1. The first kappa shape index (κ1) is 14.2. The molecule has 3 aromatic rings. The zero-order valence-corrected chi connectivity index (χ0v) is 13.7. The number of thioether (sulfide) groups is 1. The maximum atomic E-state index is 4.90. The van der Waals surface area contributed by atoms with E-state index in [0.717, 1.165) is 10.5 Å². The average Bonchev–Trinajstić information content (AvgIpc) is 2.51. The average molecular weight is 293 g/mol. The van der Waals surface area contributed by atoms with Crippen molar-refractivity contribution in [1.82, 2.24) is 4.98 Å². The lowest BCUT2D eigenvalue weighted by molar-refractivity contribution is 1.12. The Hall–Kier alpha value is -1.80. The third-order valence-electron chi connectivity index (χ3n) is 4.00. The second-order valence-corrected chi connectivity index (χ2v) is 6.21. The number of benzene rings is 2. The molecule has 106 valence electrons. The Kier molecular flexibility index (Phi) is 3.73. The van der Waals surface area contributed by atoms with Crippen LogP contribution in [0.15, 0.2) is 47.5 Å². The number of rotatable bonds is 2. The summed E-state index contributed by atoms with van der Waals surface area (Å²) in [6, 6.07) is 15.0. The molecule has 0 aliphatic rings. The van der Waals surface area contributed by atoms with Crippen LogP contribution in [0, 0.1) is 20.8 Å². The highest BCUT2D eigenvalue weighted by Gasteiger charge is 2.15. The second-order valence-electron chi connectivity index (χ2n) is 5.41. The molecule has 1 nitrogen and oxygen atoms in total. The number of hydrogen-bond donors (Lipinski definition) is 0. The first-order valence-corrected chi connectivity index (χ1v) is 8.36. The highest BCUT2D eigenvalue weighted by atomic mass is 32.2. The fraction of sp³-hybridized carbons (Fsp3) is 0.211. The van der Waals surface area contributed by atoms with Crippen molar-refractivity contribution >= 4 is 22.7 Å². The number of aryl methyl sites for hydroxylation is 2. The van der Waals surface area contributed by atoms with Crippen LogP contribution >= 0.6 is 11.8 Å². The molecule has 1 aromatic heterocycles. The molecule has 0 bridgehead atoms. The van der Waals surface area contributed by atoms with E-state index in [2.05, 4.69) is 69.5 Å². The van der Waals surface area contributed by atoms with E-state index in [0.29, 0.717) is 0 Å². The summed E-state index contributed by atoms with van der Waals surface area (Å²) in [5.74, 6) is 0. The SMILES string of the molecule is CSc1nc2c(C)ccc(C)c2c(-c2ccccc2)c1C. The molecule has 0 atom stereocenters. The van der Waals surface area contributed by atoms with E-state index < -0.39 is 0 Å². The number of hydrogen-bond acceptors (Lipinski definition) is 2. The van der Waals surface area contributed by atoms with Gasteiger partial charge >= 0.3 is 0 Å². The van der Waals surface area contributed by atoms with Crippen molar-refractivity contribution < 1.29 is 0 Å². The molecule has 1 heterocycles. The van der Waals surface area contributed by atoms with Gasteiger partial charge < -0.3 is 0 Å². The minimum Gasteiger partial charge on any atom is -0.241 e. The van der Waals surface area contributed by atoms with Gasteiger partial charge in [-0.1, -0.05) is 42.5 Å². The summed E-state index contributed by atoms with van der Waals surface area (Å²) in [4.78, 5) is 4.90. The molecule has 3 rings (SSSR count). The summed E-state index contributed by atoms with van der Waals surface area (Å²) in [5.41, 5.74) is 7.53. The summed E-state index contributed by atoms with van der Waals surface area (Å²) >= 11 is 1.72. The Bertz CT molecular complexity index is 807. The minimum atomic E-state index is 1.12. The van der Waals surface area contributed by atoms with Crippen molar-refractivity contribution in [2.75, 3.05) is 6.26 Å². The summed E-state index contributed by atoms with van der Waals surface area (Å²) in [5, 5.41) is 2.41. The summed E-state index contributed by atoms with van der Waals surface area (Å²) in [7, 11) is 0. The topological polar surface area (TPSA) is 12.9 Å². The number of nitrogens with zero attached hydrogens (tertiary/aromatic N) is 1. The van der Waals surface area contributed by atoms with Crippen molar-refractivity contribution in [3.8, 4) is 11.1 Å². The van der Waals surface area contributed by atoms with Gasteiger partial charge in [0.2, 0.25) is 0 Å². The molecule has 2 aromatic carbocycles. The lowest BCUT2D eigenvalue weighted by Gasteiger charge is -2.16. The third-order valence-corrected chi connectivity index (χ3v) is 4.79. The molecular formula is C19H19NS. The molecule has 0 aliphatic carbocycles. The van der Waals surface area contributed by atoms with Crippen LogP contribution in [0.2, 0.25) is 0 Å². The van der Waals surface area contributed by atoms with Crippen LogP contribution in [0.1, 0.15) is 16.7 Å². The van der Waals surface area contributed by atoms with Crippen molar-refractivity contribution in [3.05, 3.63) is 59.2 Å². The maximum absolute atomic E-state index is 4.90. The Morgan fingerprint density at radius 1 is 0.857 bits per heavy atom. The molecular weight excluding hydrogens is 274 g/mol. The van der Waals surface area contributed by atoms with Gasteiger partial charge in [-0.15, -0.1) is 11.8 Å². The molecule has 21 heavy (non-hydrogen) atoms. The van der Waals surface area contributed by atoms with Gasteiger partial charge in [0.15, 0.2) is 0 Å². The van der Waals surface area contributed by atoms with Crippen LogP contribution in [0.5, 0.6) is 0 Å². The molecule has 0 spiro atoms. The molecule has 0 aliphatic heterocycles. The molecule has 0 saturated heterocycles. The lowest BCUT2D eigenvalue weighted by Crippen LogP contribution is -1.97. The maximum Gasteiger partial charge on any atom is 0.1000 e. The predicted octanol–water partition coefficient (Wildman–Crippen LogP) is 5.55. The molecule has 0 N–H and O–H groups in total. The van der Waals surface area contributed by atoms with Gasteiger partial charge in [-0.05, 0) is 54.8 Å². The fourth-order valence-electron chi connectivity index (χ4n) is 2.90. The van der Waals surface area contributed by atoms with Crippen LogP contribution < -0.4 is 0 Å². The first-order valence-electron chi connectivity index (χ1n) is 7.13. The predicted molar refractivity (Wildman–Crippen MR) is 93.2 cm³/mol. The largest absolute Gasteiger partial charge is 0.241 e. The van der Waals surface area contributed by atoms with Crippen molar-refractivity contribution in [2.24, 2.45) is 0 Å². The summed E-state index contributed by atoms with van der Waals surface area (Å²) in [6.45, 7) is 6.50. The molecule has 0 saturated carbocycles. The third kappa shape index (κ3) is 2.34. The van der Waals surface area contributed by atoms with Crippen LogP contribution in [0.25, 0.3) is 22.0 Å². The monoisotopic (exact) mass is 293 g/mol. The van der Waals surface area contributed by atoms with Crippen molar-refractivity contribution in [2.45, 2.75) is 25.8 Å². The summed E-state index contributed by atoms with van der Waals surface area (Å²) in [6.07, 6.45) is 2.10. The van der Waals surface area contributed by atoms with Gasteiger partial charge in [-0.3, -0.25) is 0 Å². The zero-order chi connectivity index (χ0) is 15.0. The zero-order valence-electron chi connectivity index (χ0n) is 12.9. The molecule has 0 amide bonds. The van der Waals surface area contributed by atoms with E-state index in [1.54, 1.807) is 11.8 Å². The van der Waals surface area contributed by atoms with E-state index in [1.165, 1.54) is 33.2 Å². The van der Waals surface area contributed by atoms with Crippen LogP contribution in [-0.2, 0) is 0 Å². The smallest absolute Gasteiger partial charge is 0.1000 e. The van der Waals surface area contributed by atoms with Gasteiger partial charge in [0, 0.05) is 5.39 Å². The standard InChI is InChI=1S/C19H19NS/c1-12-10-11-13(2)18-16(12)17(14(3)19(20-18)21-4)15-8-6-5-7-9-15/h5-11H,1-4H3. The van der Waals surface area contributed by atoms with Gasteiger partial charge in [0.05, 0.1) is 10.5 Å².